The first kappa shape index (κ1) is 18.9. The lowest BCUT2D eigenvalue weighted by Gasteiger charge is -2.28. The summed E-state index contributed by atoms with van der Waals surface area (Å²) in [5.41, 5.74) is 1.82. The lowest BCUT2D eigenvalue weighted by atomic mass is 9.73. The molecule has 0 spiro atoms. The van der Waals surface area contributed by atoms with E-state index in [9.17, 15) is 9.59 Å². The van der Waals surface area contributed by atoms with Crippen molar-refractivity contribution in [1.82, 2.24) is 20.5 Å². The third kappa shape index (κ3) is 3.51. The predicted octanol–water partition coefficient (Wildman–Crippen LogP) is 2.28. The van der Waals surface area contributed by atoms with Gasteiger partial charge >= 0.3 is 0 Å². The summed E-state index contributed by atoms with van der Waals surface area (Å²) in [6.07, 6.45) is 0.521. The topological polar surface area (TPSA) is 91.0 Å². The summed E-state index contributed by atoms with van der Waals surface area (Å²) < 4.78 is 0. The van der Waals surface area contributed by atoms with Crippen LogP contribution < -0.4 is 10.2 Å². The van der Waals surface area contributed by atoms with E-state index in [0.29, 0.717) is 18.1 Å². The van der Waals surface area contributed by atoms with Crippen molar-refractivity contribution in [1.29, 1.82) is 0 Å². The summed E-state index contributed by atoms with van der Waals surface area (Å²) in [5, 5.41) is 9.66. The maximum Gasteiger partial charge on any atom is 0.238 e. The van der Waals surface area contributed by atoms with Crippen LogP contribution in [0.3, 0.4) is 0 Å². The molecule has 148 valence electrons. The number of rotatable bonds is 6. The number of benzene rings is 2. The first-order valence-corrected chi connectivity index (χ1v) is 9.56. The number of carbonyl (C=O) groups excluding carboxylic acids is 2. The van der Waals surface area contributed by atoms with E-state index >= 15 is 0 Å². The van der Waals surface area contributed by atoms with E-state index in [0.717, 1.165) is 16.8 Å². The first-order valence-electron chi connectivity index (χ1n) is 9.56. The molecule has 1 aliphatic rings. The molecule has 0 radical (unpaired) electrons. The van der Waals surface area contributed by atoms with Crippen molar-refractivity contribution in [3.8, 4) is 0 Å². The van der Waals surface area contributed by atoms with E-state index < -0.39 is 5.41 Å². The standard InChI is InChI=1S/C22H23N5O2/c1-15-24-19(26-25-15)14-23-20(28)13-22(12-16-8-4-3-5-9-16)17-10-6-7-11-18(17)27(2)21(22)29/h3-11H,12-14H2,1-2H3,(H,23,28)(H,24,25,26)/t22-/m0/s1. The highest BCUT2D eigenvalue weighted by Gasteiger charge is 2.50. The van der Waals surface area contributed by atoms with Crippen LogP contribution in [0.25, 0.3) is 0 Å². The van der Waals surface area contributed by atoms with Crippen molar-refractivity contribution >= 4 is 17.5 Å². The Kier molecular flexibility index (Phi) is 4.88. The molecule has 1 aliphatic heterocycles. The monoisotopic (exact) mass is 389 g/mol. The van der Waals surface area contributed by atoms with Crippen molar-refractivity contribution < 1.29 is 9.59 Å². The number of aromatic amines is 1. The zero-order chi connectivity index (χ0) is 20.4. The lowest BCUT2D eigenvalue weighted by molar-refractivity contribution is -0.129. The van der Waals surface area contributed by atoms with E-state index in [4.69, 9.17) is 0 Å². The van der Waals surface area contributed by atoms with Crippen LogP contribution in [0, 0.1) is 6.92 Å². The van der Waals surface area contributed by atoms with Gasteiger partial charge in [-0.2, -0.15) is 5.10 Å². The molecule has 7 nitrogen and oxygen atoms in total. The molecule has 2 heterocycles. The molecule has 1 atom stereocenters. The van der Waals surface area contributed by atoms with Gasteiger partial charge in [-0.3, -0.25) is 14.7 Å². The summed E-state index contributed by atoms with van der Waals surface area (Å²) in [7, 11) is 1.77. The van der Waals surface area contributed by atoms with Gasteiger partial charge in [-0.25, -0.2) is 4.98 Å². The van der Waals surface area contributed by atoms with Crippen molar-refractivity contribution in [3.63, 3.8) is 0 Å². The molecule has 2 aromatic carbocycles. The Morgan fingerprint density at radius 1 is 1.14 bits per heavy atom. The van der Waals surface area contributed by atoms with Gasteiger partial charge < -0.3 is 10.2 Å². The summed E-state index contributed by atoms with van der Waals surface area (Å²) >= 11 is 0. The molecule has 4 rings (SSSR count). The second kappa shape index (κ2) is 7.50. The van der Waals surface area contributed by atoms with Gasteiger partial charge in [0.15, 0.2) is 5.82 Å². The van der Waals surface area contributed by atoms with Gasteiger partial charge in [-0.1, -0.05) is 48.5 Å². The number of nitrogens with zero attached hydrogens (tertiary/aromatic N) is 3. The maximum atomic E-state index is 13.4. The molecular formula is C22H23N5O2. The zero-order valence-electron chi connectivity index (χ0n) is 16.5. The minimum absolute atomic E-state index is 0.0610. The van der Waals surface area contributed by atoms with Crippen molar-refractivity contribution in [2.24, 2.45) is 0 Å². The second-order valence-electron chi connectivity index (χ2n) is 7.42. The van der Waals surface area contributed by atoms with E-state index in [1.165, 1.54) is 0 Å². The summed E-state index contributed by atoms with van der Waals surface area (Å²) in [5.74, 6) is 0.938. The Labute approximate surface area is 169 Å². The number of aryl methyl sites for hydroxylation is 1. The lowest BCUT2D eigenvalue weighted by Crippen LogP contribution is -2.44. The third-order valence-corrected chi connectivity index (χ3v) is 5.39. The van der Waals surface area contributed by atoms with Gasteiger partial charge in [0, 0.05) is 19.2 Å². The molecule has 0 saturated carbocycles. The van der Waals surface area contributed by atoms with Crippen LogP contribution in [0.2, 0.25) is 0 Å². The SMILES string of the molecule is Cc1nc(CNC(=O)C[C@]2(Cc3ccccc3)C(=O)N(C)c3ccccc32)n[nH]1. The van der Waals surface area contributed by atoms with Gasteiger partial charge in [0.25, 0.3) is 0 Å². The van der Waals surface area contributed by atoms with Gasteiger partial charge in [0.2, 0.25) is 11.8 Å². The summed E-state index contributed by atoms with van der Waals surface area (Å²) in [6, 6.07) is 17.5. The second-order valence-corrected chi connectivity index (χ2v) is 7.42. The van der Waals surface area contributed by atoms with Crippen LogP contribution >= 0.6 is 0 Å². The molecule has 3 aromatic rings. The number of H-pyrrole nitrogens is 1. The average Bonchev–Trinajstić information content (AvgIpc) is 3.23. The highest BCUT2D eigenvalue weighted by molar-refractivity contribution is 6.09. The number of aromatic nitrogens is 3. The number of hydrogen-bond donors (Lipinski definition) is 2. The van der Waals surface area contributed by atoms with Crippen LogP contribution in [-0.4, -0.2) is 34.0 Å². The van der Waals surface area contributed by atoms with Crippen LogP contribution in [0.1, 0.15) is 29.2 Å². The van der Waals surface area contributed by atoms with Crippen LogP contribution in [-0.2, 0) is 28.0 Å². The highest BCUT2D eigenvalue weighted by atomic mass is 16.2. The molecule has 0 unspecified atom stereocenters. The molecule has 0 bridgehead atoms. The smallest absolute Gasteiger partial charge is 0.238 e. The van der Waals surface area contributed by atoms with E-state index in [-0.39, 0.29) is 24.8 Å². The quantitative estimate of drug-likeness (QED) is 0.677. The fourth-order valence-corrected chi connectivity index (χ4v) is 4.05. The number of para-hydroxylation sites is 1. The number of amides is 2. The number of anilines is 1. The number of fused-ring (bicyclic) bond motifs is 1. The van der Waals surface area contributed by atoms with Crippen LogP contribution in [0.15, 0.2) is 54.6 Å². The van der Waals surface area contributed by atoms with E-state index in [1.54, 1.807) is 18.9 Å². The minimum atomic E-state index is -0.939. The molecule has 2 N–H and O–H groups in total. The molecule has 1 aromatic heterocycles. The molecule has 0 aliphatic carbocycles. The molecular weight excluding hydrogens is 366 g/mol. The third-order valence-electron chi connectivity index (χ3n) is 5.39. The Morgan fingerprint density at radius 3 is 2.59 bits per heavy atom. The van der Waals surface area contributed by atoms with E-state index in [2.05, 4.69) is 20.5 Å². The Balaban J connectivity index is 1.64. The van der Waals surface area contributed by atoms with Crippen LogP contribution in [0.5, 0.6) is 0 Å². The zero-order valence-corrected chi connectivity index (χ0v) is 16.5. The minimum Gasteiger partial charge on any atom is -0.349 e. The Morgan fingerprint density at radius 2 is 1.86 bits per heavy atom. The molecule has 0 fully saturated rings. The van der Waals surface area contributed by atoms with Crippen molar-refractivity contribution in [2.45, 2.75) is 31.7 Å². The van der Waals surface area contributed by atoms with Gasteiger partial charge in [0.1, 0.15) is 5.82 Å². The van der Waals surface area contributed by atoms with E-state index in [1.807, 2.05) is 54.6 Å². The number of likely N-dealkylation sites (N-methyl/N-ethyl adjacent to an activating group) is 1. The number of carbonyl (C=O) groups is 2. The molecule has 29 heavy (non-hydrogen) atoms. The average molecular weight is 389 g/mol. The highest BCUT2D eigenvalue weighted by Crippen LogP contribution is 2.45. The largest absolute Gasteiger partial charge is 0.349 e. The normalized spacial score (nSPS) is 18.0. The Hall–Kier alpha value is -3.48. The van der Waals surface area contributed by atoms with Crippen LogP contribution in [0.4, 0.5) is 5.69 Å². The van der Waals surface area contributed by atoms with Crippen molar-refractivity contribution in [2.75, 3.05) is 11.9 Å². The number of hydrogen-bond acceptors (Lipinski definition) is 4. The fourth-order valence-electron chi connectivity index (χ4n) is 4.05. The van der Waals surface area contributed by atoms with Gasteiger partial charge in [-0.15, -0.1) is 0 Å². The molecule has 7 heteroatoms. The Bertz CT molecular complexity index is 1050. The molecule has 2 amide bonds. The summed E-state index contributed by atoms with van der Waals surface area (Å²) in [6.45, 7) is 2.02. The fraction of sp³-hybridized carbons (Fsp3) is 0.273. The van der Waals surface area contributed by atoms with Gasteiger partial charge in [-0.05, 0) is 30.5 Å². The number of nitrogens with one attached hydrogen (secondary N) is 2. The predicted molar refractivity (Wildman–Crippen MR) is 109 cm³/mol. The van der Waals surface area contributed by atoms with Crippen molar-refractivity contribution in [3.05, 3.63) is 77.4 Å². The first-order chi connectivity index (χ1) is 14.0. The van der Waals surface area contributed by atoms with Gasteiger partial charge in [0.05, 0.1) is 12.0 Å². The summed E-state index contributed by atoms with van der Waals surface area (Å²) in [4.78, 5) is 32.2. The maximum absolute atomic E-state index is 13.4. The molecule has 0 saturated heterocycles.